The SMILES string of the molecule is Cc1nn(C)c(C)c1C(C)NC(C)Cn1ccnc1. The minimum Gasteiger partial charge on any atom is -0.336 e. The summed E-state index contributed by atoms with van der Waals surface area (Å²) in [6.07, 6.45) is 5.65. The van der Waals surface area contributed by atoms with Crippen molar-refractivity contribution in [2.45, 2.75) is 46.3 Å². The maximum atomic E-state index is 4.48. The molecule has 2 heterocycles. The van der Waals surface area contributed by atoms with Crippen LogP contribution in [0.15, 0.2) is 18.7 Å². The Kier molecular flexibility index (Phi) is 4.04. The molecule has 0 bridgehead atoms. The second-order valence-electron chi connectivity index (χ2n) is 5.26. The van der Waals surface area contributed by atoms with Crippen LogP contribution in [0.25, 0.3) is 0 Å². The van der Waals surface area contributed by atoms with Crippen molar-refractivity contribution >= 4 is 0 Å². The first-order chi connectivity index (χ1) is 8.99. The number of hydrogen-bond donors (Lipinski definition) is 1. The molecule has 0 radical (unpaired) electrons. The Balaban J connectivity index is 2.02. The van der Waals surface area contributed by atoms with E-state index in [1.54, 1.807) is 0 Å². The first kappa shape index (κ1) is 13.8. The molecule has 2 rings (SSSR count). The lowest BCUT2D eigenvalue weighted by molar-refractivity contribution is 0.428. The van der Waals surface area contributed by atoms with Gasteiger partial charge in [0.25, 0.3) is 0 Å². The molecule has 0 spiro atoms. The molecule has 0 amide bonds. The van der Waals surface area contributed by atoms with Crippen LogP contribution in [0.2, 0.25) is 0 Å². The summed E-state index contributed by atoms with van der Waals surface area (Å²) in [5.74, 6) is 0. The Morgan fingerprint density at radius 1 is 1.32 bits per heavy atom. The quantitative estimate of drug-likeness (QED) is 0.895. The molecule has 2 atom stereocenters. The third kappa shape index (κ3) is 3.04. The molecule has 0 saturated heterocycles. The molecule has 0 fully saturated rings. The number of aryl methyl sites for hydroxylation is 2. The summed E-state index contributed by atoms with van der Waals surface area (Å²) in [5, 5.41) is 8.10. The van der Waals surface area contributed by atoms with Gasteiger partial charge in [-0.2, -0.15) is 5.10 Å². The first-order valence-corrected chi connectivity index (χ1v) is 6.71. The zero-order chi connectivity index (χ0) is 14.0. The van der Waals surface area contributed by atoms with Crippen LogP contribution in [-0.4, -0.2) is 25.4 Å². The smallest absolute Gasteiger partial charge is 0.0946 e. The van der Waals surface area contributed by atoms with Crippen molar-refractivity contribution in [3.8, 4) is 0 Å². The summed E-state index contributed by atoms with van der Waals surface area (Å²) in [6.45, 7) is 9.50. The van der Waals surface area contributed by atoms with Crippen molar-refractivity contribution in [2.75, 3.05) is 0 Å². The van der Waals surface area contributed by atoms with Gasteiger partial charge in [-0.1, -0.05) is 0 Å². The predicted octanol–water partition coefficient (Wildman–Crippen LogP) is 1.97. The van der Waals surface area contributed by atoms with Crippen LogP contribution >= 0.6 is 0 Å². The van der Waals surface area contributed by atoms with Crippen molar-refractivity contribution in [3.63, 3.8) is 0 Å². The highest BCUT2D eigenvalue weighted by molar-refractivity contribution is 5.27. The topological polar surface area (TPSA) is 47.7 Å². The Morgan fingerprint density at radius 3 is 2.58 bits per heavy atom. The lowest BCUT2D eigenvalue weighted by Gasteiger charge is -2.21. The number of imidazole rings is 1. The van der Waals surface area contributed by atoms with Gasteiger partial charge in [0.1, 0.15) is 0 Å². The fraction of sp³-hybridized carbons (Fsp3) is 0.571. The summed E-state index contributed by atoms with van der Waals surface area (Å²) in [7, 11) is 1.99. The molecule has 0 aliphatic heterocycles. The Hall–Kier alpha value is -1.62. The summed E-state index contributed by atoms with van der Waals surface area (Å²) in [4.78, 5) is 4.07. The van der Waals surface area contributed by atoms with Crippen molar-refractivity contribution < 1.29 is 0 Å². The standard InChI is InChI=1S/C14H23N5/c1-10(8-19-7-6-15-9-19)16-11(2)14-12(3)17-18(5)13(14)4/h6-7,9-11,16H,8H2,1-5H3. The van der Waals surface area contributed by atoms with E-state index in [0.717, 1.165) is 12.2 Å². The molecule has 104 valence electrons. The van der Waals surface area contributed by atoms with E-state index >= 15 is 0 Å². The molecule has 2 aromatic rings. The summed E-state index contributed by atoms with van der Waals surface area (Å²) < 4.78 is 4.04. The van der Waals surface area contributed by atoms with Gasteiger partial charge in [0, 0.05) is 49.3 Å². The number of nitrogens with one attached hydrogen (secondary N) is 1. The average molecular weight is 261 g/mol. The minimum atomic E-state index is 0.298. The summed E-state index contributed by atoms with van der Waals surface area (Å²) >= 11 is 0. The van der Waals surface area contributed by atoms with Crippen LogP contribution in [0.1, 0.15) is 36.8 Å². The molecule has 2 aromatic heterocycles. The van der Waals surface area contributed by atoms with E-state index in [2.05, 4.69) is 47.7 Å². The highest BCUT2D eigenvalue weighted by Gasteiger charge is 2.17. The normalized spacial score (nSPS) is 14.6. The Labute approximate surface area is 114 Å². The van der Waals surface area contributed by atoms with E-state index in [9.17, 15) is 0 Å². The number of rotatable bonds is 5. The molecule has 0 aliphatic carbocycles. The van der Waals surface area contributed by atoms with Crippen LogP contribution in [0.5, 0.6) is 0 Å². The molecule has 0 aromatic carbocycles. The maximum Gasteiger partial charge on any atom is 0.0946 e. The largest absolute Gasteiger partial charge is 0.336 e. The molecule has 5 heteroatoms. The van der Waals surface area contributed by atoms with Gasteiger partial charge in [0.15, 0.2) is 0 Å². The van der Waals surface area contributed by atoms with Crippen LogP contribution in [0.3, 0.4) is 0 Å². The molecular formula is C14H23N5. The van der Waals surface area contributed by atoms with E-state index in [0.29, 0.717) is 12.1 Å². The van der Waals surface area contributed by atoms with Crippen molar-refractivity contribution in [1.29, 1.82) is 0 Å². The summed E-state index contributed by atoms with van der Waals surface area (Å²) in [5.41, 5.74) is 3.64. The fourth-order valence-electron chi connectivity index (χ4n) is 2.69. The fourth-order valence-corrected chi connectivity index (χ4v) is 2.69. The molecule has 19 heavy (non-hydrogen) atoms. The molecule has 1 N–H and O–H groups in total. The van der Waals surface area contributed by atoms with Gasteiger partial charge in [-0.05, 0) is 27.7 Å². The molecule has 2 unspecified atom stereocenters. The lowest BCUT2D eigenvalue weighted by atomic mass is 10.1. The highest BCUT2D eigenvalue weighted by atomic mass is 15.3. The Bertz CT molecular complexity index is 526. The maximum absolute atomic E-state index is 4.48. The van der Waals surface area contributed by atoms with Crippen molar-refractivity contribution in [1.82, 2.24) is 24.6 Å². The zero-order valence-corrected chi connectivity index (χ0v) is 12.4. The van der Waals surface area contributed by atoms with Gasteiger partial charge in [-0.15, -0.1) is 0 Å². The van der Waals surface area contributed by atoms with Gasteiger partial charge < -0.3 is 9.88 Å². The number of aromatic nitrogens is 4. The van der Waals surface area contributed by atoms with Gasteiger partial charge in [-0.3, -0.25) is 4.68 Å². The zero-order valence-electron chi connectivity index (χ0n) is 12.4. The average Bonchev–Trinajstić information content (AvgIpc) is 2.88. The second kappa shape index (κ2) is 5.57. The van der Waals surface area contributed by atoms with E-state index in [1.807, 2.05) is 30.5 Å². The van der Waals surface area contributed by atoms with Gasteiger partial charge in [-0.25, -0.2) is 4.98 Å². The third-order valence-corrected chi connectivity index (χ3v) is 3.58. The first-order valence-electron chi connectivity index (χ1n) is 6.71. The van der Waals surface area contributed by atoms with Gasteiger partial charge in [0.2, 0.25) is 0 Å². The van der Waals surface area contributed by atoms with Crippen LogP contribution in [0, 0.1) is 13.8 Å². The highest BCUT2D eigenvalue weighted by Crippen LogP contribution is 2.21. The van der Waals surface area contributed by atoms with Crippen molar-refractivity contribution in [3.05, 3.63) is 35.7 Å². The van der Waals surface area contributed by atoms with Gasteiger partial charge in [0.05, 0.1) is 12.0 Å². The summed E-state index contributed by atoms with van der Waals surface area (Å²) in [6, 6.07) is 0.676. The predicted molar refractivity (Wildman–Crippen MR) is 75.9 cm³/mol. The van der Waals surface area contributed by atoms with E-state index in [1.165, 1.54) is 11.3 Å². The van der Waals surface area contributed by atoms with E-state index in [-0.39, 0.29) is 0 Å². The van der Waals surface area contributed by atoms with Crippen LogP contribution in [-0.2, 0) is 13.6 Å². The molecule has 0 aliphatic rings. The lowest BCUT2D eigenvalue weighted by Crippen LogP contribution is -2.32. The number of nitrogens with zero attached hydrogens (tertiary/aromatic N) is 4. The van der Waals surface area contributed by atoms with Gasteiger partial charge >= 0.3 is 0 Å². The van der Waals surface area contributed by atoms with Crippen LogP contribution < -0.4 is 5.32 Å². The van der Waals surface area contributed by atoms with Crippen molar-refractivity contribution in [2.24, 2.45) is 7.05 Å². The Morgan fingerprint density at radius 2 is 2.05 bits per heavy atom. The minimum absolute atomic E-state index is 0.298. The van der Waals surface area contributed by atoms with E-state index < -0.39 is 0 Å². The second-order valence-corrected chi connectivity index (χ2v) is 5.26. The molecule has 0 saturated carbocycles. The van der Waals surface area contributed by atoms with E-state index in [4.69, 9.17) is 0 Å². The number of hydrogen-bond acceptors (Lipinski definition) is 3. The molecule has 5 nitrogen and oxygen atoms in total. The molecular weight excluding hydrogens is 238 g/mol. The monoisotopic (exact) mass is 261 g/mol. The third-order valence-electron chi connectivity index (χ3n) is 3.58. The van der Waals surface area contributed by atoms with Crippen LogP contribution in [0.4, 0.5) is 0 Å².